The molecule has 0 spiro atoms. The highest BCUT2D eigenvalue weighted by Gasteiger charge is 2.14. The van der Waals surface area contributed by atoms with E-state index in [1.807, 2.05) is 0 Å². The zero-order valence-corrected chi connectivity index (χ0v) is 12.7. The lowest BCUT2D eigenvalue weighted by Gasteiger charge is -2.05. The van der Waals surface area contributed by atoms with Crippen LogP contribution >= 0.6 is 11.6 Å². The van der Waals surface area contributed by atoms with Crippen molar-refractivity contribution in [2.45, 2.75) is 0 Å². The lowest BCUT2D eigenvalue weighted by molar-refractivity contribution is 0.0474. The quantitative estimate of drug-likeness (QED) is 0.609. The highest BCUT2D eigenvalue weighted by Crippen LogP contribution is 2.10. The summed E-state index contributed by atoms with van der Waals surface area (Å²) >= 11 is 5.72. The van der Waals surface area contributed by atoms with Crippen molar-refractivity contribution >= 4 is 29.3 Å². The minimum Gasteiger partial charge on any atom is -0.464 e. The molecule has 2 rings (SSSR count). The first-order valence-electron chi connectivity index (χ1n) is 6.36. The molecule has 0 aliphatic rings. The van der Waals surface area contributed by atoms with Crippen LogP contribution in [-0.4, -0.2) is 41.4 Å². The third-order valence-electron chi connectivity index (χ3n) is 2.75. The molecule has 0 aliphatic carbocycles. The summed E-state index contributed by atoms with van der Waals surface area (Å²) in [6.07, 6.45) is 3.87. The highest BCUT2D eigenvalue weighted by atomic mass is 35.5. The molecule has 2 heterocycles. The second-order valence-corrected chi connectivity index (χ2v) is 4.75. The molecule has 23 heavy (non-hydrogen) atoms. The van der Waals surface area contributed by atoms with E-state index >= 15 is 0 Å². The van der Waals surface area contributed by atoms with Crippen LogP contribution in [0.3, 0.4) is 0 Å². The number of aromatic nitrogens is 2. The Morgan fingerprint density at radius 2 is 1.87 bits per heavy atom. The molecule has 0 aliphatic heterocycles. The van der Waals surface area contributed by atoms with Gasteiger partial charge < -0.3 is 9.47 Å². The van der Waals surface area contributed by atoms with Crippen molar-refractivity contribution in [3.8, 4) is 0 Å². The van der Waals surface area contributed by atoms with Gasteiger partial charge in [0, 0.05) is 24.2 Å². The number of ether oxygens (including phenoxy) is 2. The van der Waals surface area contributed by atoms with Gasteiger partial charge in [-0.05, 0) is 18.2 Å². The van der Waals surface area contributed by atoms with Crippen LogP contribution in [0.15, 0.2) is 36.8 Å². The van der Waals surface area contributed by atoms with E-state index in [1.165, 1.54) is 43.9 Å². The molecule has 0 radical (unpaired) electrons. The van der Waals surface area contributed by atoms with Gasteiger partial charge >= 0.3 is 11.9 Å². The summed E-state index contributed by atoms with van der Waals surface area (Å²) in [5, 5.41) is 0.286. The van der Waals surface area contributed by atoms with Gasteiger partial charge in [-0.2, -0.15) is 0 Å². The zero-order valence-electron chi connectivity index (χ0n) is 12.0. The first-order chi connectivity index (χ1) is 11.0. The Balaban J connectivity index is 1.97. The maximum Gasteiger partial charge on any atom is 0.356 e. The number of Topliss-reactive ketones (excluding diaryl/α,β-unsaturated/α-hetero) is 1. The molecule has 0 saturated carbocycles. The molecule has 0 atom stereocenters. The van der Waals surface area contributed by atoms with Crippen LogP contribution in [0.25, 0.3) is 0 Å². The van der Waals surface area contributed by atoms with Crippen LogP contribution in [-0.2, 0) is 9.47 Å². The first kappa shape index (κ1) is 16.6. The van der Waals surface area contributed by atoms with Gasteiger partial charge in [0.15, 0.2) is 6.61 Å². The minimum absolute atomic E-state index is 0.0750. The van der Waals surface area contributed by atoms with Crippen molar-refractivity contribution in [2.24, 2.45) is 0 Å². The molecule has 0 bridgehead atoms. The van der Waals surface area contributed by atoms with E-state index in [0.717, 1.165) is 0 Å². The largest absolute Gasteiger partial charge is 0.464 e. The van der Waals surface area contributed by atoms with Gasteiger partial charge in [0.1, 0.15) is 5.69 Å². The third-order valence-corrected chi connectivity index (χ3v) is 2.96. The second kappa shape index (κ2) is 7.46. The molecule has 2 aromatic rings. The lowest BCUT2D eigenvalue weighted by atomic mass is 10.2. The van der Waals surface area contributed by atoms with Crippen molar-refractivity contribution in [1.82, 2.24) is 9.97 Å². The Kier molecular flexibility index (Phi) is 5.37. The van der Waals surface area contributed by atoms with Gasteiger partial charge in [0.2, 0.25) is 5.78 Å². The Bertz CT molecular complexity index is 746. The fraction of sp³-hybridized carbons (Fsp3) is 0.133. The first-order valence-corrected chi connectivity index (χ1v) is 6.74. The Morgan fingerprint density at radius 3 is 2.48 bits per heavy atom. The minimum atomic E-state index is -0.715. The Morgan fingerprint density at radius 1 is 1.09 bits per heavy atom. The molecular formula is C15H11ClN2O5. The summed E-state index contributed by atoms with van der Waals surface area (Å²) in [7, 11) is 1.23. The summed E-state index contributed by atoms with van der Waals surface area (Å²) in [6, 6.07) is 4.13. The number of methoxy groups -OCH3 is 1. The molecule has 7 nitrogen and oxygen atoms in total. The SMILES string of the molecule is COC(=O)c1ccc(C(=O)COC(=O)c2cncc(Cl)c2)cn1. The predicted molar refractivity (Wildman–Crippen MR) is 79.4 cm³/mol. The number of hydrogen-bond acceptors (Lipinski definition) is 7. The third kappa shape index (κ3) is 4.33. The van der Waals surface area contributed by atoms with Crippen molar-refractivity contribution in [3.05, 3.63) is 58.6 Å². The number of halogens is 1. The molecular weight excluding hydrogens is 324 g/mol. The van der Waals surface area contributed by atoms with Gasteiger partial charge in [-0.25, -0.2) is 14.6 Å². The smallest absolute Gasteiger partial charge is 0.356 e. The molecule has 118 valence electrons. The topological polar surface area (TPSA) is 95.5 Å². The Hall–Kier alpha value is -2.80. The molecule has 0 saturated heterocycles. The molecule has 2 aromatic heterocycles. The number of rotatable bonds is 5. The van der Waals surface area contributed by atoms with Crippen molar-refractivity contribution in [2.75, 3.05) is 13.7 Å². The monoisotopic (exact) mass is 334 g/mol. The van der Waals surface area contributed by atoms with Gasteiger partial charge in [-0.15, -0.1) is 0 Å². The van der Waals surface area contributed by atoms with E-state index in [0.29, 0.717) is 0 Å². The average molecular weight is 335 g/mol. The van der Waals surface area contributed by atoms with Crippen LogP contribution in [0.4, 0.5) is 0 Å². The molecule has 0 aromatic carbocycles. The number of hydrogen-bond donors (Lipinski definition) is 0. The zero-order chi connectivity index (χ0) is 16.8. The van der Waals surface area contributed by atoms with Gasteiger partial charge in [-0.3, -0.25) is 9.78 Å². The van der Waals surface area contributed by atoms with Gasteiger partial charge in [0.25, 0.3) is 0 Å². The summed E-state index contributed by atoms with van der Waals surface area (Å²) in [6.45, 7) is -0.468. The van der Waals surface area contributed by atoms with E-state index in [4.69, 9.17) is 16.3 Å². The van der Waals surface area contributed by atoms with E-state index in [2.05, 4.69) is 14.7 Å². The number of carbonyl (C=O) groups excluding carboxylic acids is 3. The summed E-state index contributed by atoms with van der Waals surface area (Å²) < 4.78 is 9.39. The molecule has 0 amide bonds. The van der Waals surface area contributed by atoms with Crippen LogP contribution in [0, 0.1) is 0 Å². The van der Waals surface area contributed by atoms with E-state index < -0.39 is 24.3 Å². The summed E-state index contributed by atoms with van der Waals surface area (Å²) in [4.78, 5) is 42.5. The van der Waals surface area contributed by atoms with E-state index in [9.17, 15) is 14.4 Å². The van der Waals surface area contributed by atoms with E-state index in [1.54, 1.807) is 0 Å². The molecule has 0 N–H and O–H groups in total. The maximum absolute atomic E-state index is 11.9. The van der Waals surface area contributed by atoms with Crippen LogP contribution < -0.4 is 0 Å². The van der Waals surface area contributed by atoms with E-state index in [-0.39, 0.29) is 21.8 Å². The summed E-state index contributed by atoms with van der Waals surface area (Å²) in [5.74, 6) is -1.78. The molecule has 8 heteroatoms. The maximum atomic E-state index is 11.9. The number of carbonyl (C=O) groups is 3. The van der Waals surface area contributed by atoms with Gasteiger partial charge in [-0.1, -0.05) is 11.6 Å². The standard InChI is InChI=1S/C15H11ClN2O5/c1-22-15(21)12-3-2-9(6-18-12)13(19)8-23-14(20)10-4-11(16)7-17-5-10/h2-7H,8H2,1H3. The number of pyridine rings is 2. The lowest BCUT2D eigenvalue weighted by Crippen LogP contribution is -2.15. The average Bonchev–Trinajstić information content (AvgIpc) is 2.58. The summed E-state index contributed by atoms with van der Waals surface area (Å²) in [5.41, 5.74) is 0.421. The van der Waals surface area contributed by atoms with Crippen LogP contribution in [0.2, 0.25) is 5.02 Å². The fourth-order valence-electron chi connectivity index (χ4n) is 1.61. The normalized spacial score (nSPS) is 10.0. The van der Waals surface area contributed by atoms with Crippen LogP contribution in [0.1, 0.15) is 31.2 Å². The number of esters is 2. The molecule has 0 unspecified atom stereocenters. The van der Waals surface area contributed by atoms with Crippen molar-refractivity contribution in [1.29, 1.82) is 0 Å². The van der Waals surface area contributed by atoms with Crippen LogP contribution in [0.5, 0.6) is 0 Å². The van der Waals surface area contributed by atoms with Gasteiger partial charge in [0.05, 0.1) is 17.7 Å². The number of nitrogens with zero attached hydrogens (tertiary/aromatic N) is 2. The second-order valence-electron chi connectivity index (χ2n) is 4.31. The number of ketones is 1. The predicted octanol–water partition coefficient (Wildman–Crippen LogP) is 1.96. The highest BCUT2D eigenvalue weighted by molar-refractivity contribution is 6.30. The fourth-order valence-corrected chi connectivity index (χ4v) is 1.78. The van der Waals surface area contributed by atoms with Crippen molar-refractivity contribution in [3.63, 3.8) is 0 Å². The Labute approximate surface area is 136 Å². The van der Waals surface area contributed by atoms with Crippen molar-refractivity contribution < 1.29 is 23.9 Å². The molecule has 0 fully saturated rings.